The summed E-state index contributed by atoms with van der Waals surface area (Å²) in [5, 5.41) is 21.8. The molecule has 0 saturated carbocycles. The summed E-state index contributed by atoms with van der Waals surface area (Å²) in [6.45, 7) is -0.350. The van der Waals surface area contributed by atoms with Crippen LogP contribution in [0.1, 0.15) is 23.0 Å². The van der Waals surface area contributed by atoms with E-state index in [0.29, 0.717) is 16.7 Å². The van der Waals surface area contributed by atoms with Crippen molar-refractivity contribution in [3.8, 4) is 0 Å². The largest absolute Gasteiger partial charge is 0.393 e. The topological polar surface area (TPSA) is 122 Å². The molecule has 1 aliphatic rings. The lowest BCUT2D eigenvalue weighted by Gasteiger charge is -2.13. The van der Waals surface area contributed by atoms with E-state index in [1.54, 1.807) is 28.8 Å². The van der Waals surface area contributed by atoms with E-state index in [2.05, 4.69) is 20.3 Å². The highest BCUT2D eigenvalue weighted by Crippen LogP contribution is 2.35. The van der Waals surface area contributed by atoms with Gasteiger partial charge in [-0.05, 0) is 12.1 Å². The quantitative estimate of drug-likeness (QED) is 0.636. The normalized spacial score (nSPS) is 20.5. The summed E-state index contributed by atoms with van der Waals surface area (Å²) in [6.07, 6.45) is 1.94. The molecule has 0 aliphatic carbocycles. The number of hydrogen-bond donors (Lipinski definition) is 3. The van der Waals surface area contributed by atoms with Crippen molar-refractivity contribution in [2.75, 3.05) is 11.9 Å². The molecule has 3 heterocycles. The average molecular weight is 354 g/mol. The van der Waals surface area contributed by atoms with Gasteiger partial charge in [-0.3, -0.25) is 9.36 Å². The number of fused-ring (bicyclic) bond motifs is 1. The van der Waals surface area contributed by atoms with E-state index in [-0.39, 0.29) is 30.9 Å². The number of imidazole rings is 1. The molecule has 0 spiro atoms. The summed E-state index contributed by atoms with van der Waals surface area (Å²) in [5.41, 5.74) is 1.37. The van der Waals surface area contributed by atoms with Crippen LogP contribution in [0.3, 0.4) is 0 Å². The van der Waals surface area contributed by atoms with E-state index in [1.165, 1.54) is 12.7 Å². The number of aliphatic hydroxyl groups is 2. The molecule has 1 fully saturated rings. The Bertz CT molecular complexity index is 929. The van der Waals surface area contributed by atoms with Gasteiger partial charge in [0, 0.05) is 12.0 Å². The molecule has 3 aromatic rings. The first-order valence-corrected chi connectivity index (χ1v) is 8.02. The zero-order valence-electron chi connectivity index (χ0n) is 13.6. The molecular weight excluding hydrogens is 338 g/mol. The third-order valence-electron chi connectivity index (χ3n) is 4.18. The predicted octanol–water partition coefficient (Wildman–Crippen LogP) is 0.883. The van der Waals surface area contributed by atoms with E-state index in [0.717, 1.165) is 0 Å². The van der Waals surface area contributed by atoms with Crippen LogP contribution in [-0.4, -0.2) is 48.4 Å². The highest BCUT2D eigenvalue weighted by atomic mass is 16.5. The molecule has 1 aromatic carbocycles. The minimum absolute atomic E-state index is 0.212. The maximum atomic E-state index is 12.4. The maximum absolute atomic E-state index is 12.4. The summed E-state index contributed by atoms with van der Waals surface area (Å²) in [4.78, 5) is 24.9. The first-order chi connectivity index (χ1) is 12.7. The van der Waals surface area contributed by atoms with Gasteiger partial charge in [0.1, 0.15) is 12.6 Å². The van der Waals surface area contributed by atoms with Gasteiger partial charge in [0.2, 0.25) is 0 Å². The van der Waals surface area contributed by atoms with Gasteiger partial charge in [0.15, 0.2) is 23.1 Å². The average Bonchev–Trinajstić information content (AvgIpc) is 3.26. The monoisotopic (exact) mass is 354 g/mol. The number of amides is 1. The van der Waals surface area contributed by atoms with Crippen molar-refractivity contribution in [3.63, 3.8) is 0 Å². The Morgan fingerprint density at radius 3 is 2.81 bits per heavy atom. The molecule has 9 nitrogen and oxygen atoms in total. The third kappa shape index (κ3) is 2.92. The van der Waals surface area contributed by atoms with Gasteiger partial charge in [-0.2, -0.15) is 0 Å². The summed E-state index contributed by atoms with van der Waals surface area (Å²) in [5.74, 6) is -0.0175. The lowest BCUT2D eigenvalue weighted by Crippen LogP contribution is -2.15. The highest BCUT2D eigenvalue weighted by Gasteiger charge is 2.36. The second-order valence-corrected chi connectivity index (χ2v) is 5.81. The fourth-order valence-corrected chi connectivity index (χ4v) is 2.86. The van der Waals surface area contributed by atoms with Crippen LogP contribution in [0, 0.1) is 6.10 Å². The fraction of sp³-hybridized carbons (Fsp3) is 0.235. The van der Waals surface area contributed by atoms with Gasteiger partial charge in [-0.25, -0.2) is 15.0 Å². The summed E-state index contributed by atoms with van der Waals surface area (Å²) in [6, 6.07) is 8.78. The first-order valence-electron chi connectivity index (χ1n) is 8.02. The Morgan fingerprint density at radius 1 is 1.27 bits per heavy atom. The molecule has 1 saturated heterocycles. The molecule has 3 N–H and O–H groups in total. The third-order valence-corrected chi connectivity index (χ3v) is 4.18. The van der Waals surface area contributed by atoms with Crippen molar-refractivity contribution in [1.29, 1.82) is 0 Å². The molecule has 26 heavy (non-hydrogen) atoms. The molecule has 4 rings (SSSR count). The predicted molar refractivity (Wildman–Crippen MR) is 90.8 cm³/mol. The molecule has 2 atom stereocenters. The Balaban J connectivity index is 1.63. The summed E-state index contributed by atoms with van der Waals surface area (Å²) in [7, 11) is 0. The van der Waals surface area contributed by atoms with Crippen molar-refractivity contribution < 1.29 is 19.7 Å². The number of nitrogens with zero attached hydrogens (tertiary/aromatic N) is 4. The lowest BCUT2D eigenvalue weighted by molar-refractivity contribution is 0.0273. The van der Waals surface area contributed by atoms with Gasteiger partial charge in [-0.15, -0.1) is 0 Å². The smallest absolute Gasteiger partial charge is 0.256 e. The van der Waals surface area contributed by atoms with E-state index < -0.39 is 12.3 Å². The maximum Gasteiger partial charge on any atom is 0.256 e. The number of hydrogen-bond acceptors (Lipinski definition) is 7. The number of carbonyl (C=O) groups excluding carboxylic acids is 1. The molecule has 0 bridgehead atoms. The number of carbonyl (C=O) groups is 1. The van der Waals surface area contributed by atoms with Gasteiger partial charge in [0.25, 0.3) is 5.91 Å². The molecule has 1 aliphatic heterocycles. The Kier molecular flexibility index (Phi) is 4.33. The van der Waals surface area contributed by atoms with Crippen LogP contribution in [0.15, 0.2) is 43.0 Å². The molecule has 133 valence electrons. The van der Waals surface area contributed by atoms with Crippen molar-refractivity contribution in [3.05, 3.63) is 54.7 Å². The Morgan fingerprint density at radius 2 is 2.08 bits per heavy atom. The number of nitrogens with one attached hydrogen (secondary N) is 1. The van der Waals surface area contributed by atoms with Crippen LogP contribution in [-0.2, 0) is 4.74 Å². The molecule has 2 aromatic heterocycles. The van der Waals surface area contributed by atoms with Gasteiger partial charge >= 0.3 is 0 Å². The number of aliphatic hydroxyl groups excluding tert-OH is 2. The van der Waals surface area contributed by atoms with E-state index in [9.17, 15) is 15.0 Å². The molecule has 1 amide bonds. The fourth-order valence-electron chi connectivity index (χ4n) is 2.86. The summed E-state index contributed by atoms with van der Waals surface area (Å²) < 4.78 is 7.20. The van der Waals surface area contributed by atoms with Crippen molar-refractivity contribution in [2.24, 2.45) is 0 Å². The molecule has 0 unspecified atom stereocenters. The number of anilines is 1. The van der Waals surface area contributed by atoms with Gasteiger partial charge in [0.05, 0.1) is 19.0 Å². The molecule has 9 heteroatoms. The van der Waals surface area contributed by atoms with Crippen LogP contribution < -0.4 is 5.32 Å². The lowest BCUT2D eigenvalue weighted by atomic mass is 10.2. The van der Waals surface area contributed by atoms with Gasteiger partial charge < -0.3 is 20.3 Å². The summed E-state index contributed by atoms with van der Waals surface area (Å²) >= 11 is 0. The SMILES string of the molecule is O=C(Nc1ncnc2c1ncn2[C@H]1C[C@H](O)[C](CO)O1)c1ccccc1. The Labute approximate surface area is 148 Å². The molecular formula is C17H16N5O4. The minimum atomic E-state index is -0.846. The second-order valence-electron chi connectivity index (χ2n) is 5.81. The van der Waals surface area contributed by atoms with Crippen LogP contribution in [0.25, 0.3) is 11.2 Å². The van der Waals surface area contributed by atoms with Crippen LogP contribution in [0.4, 0.5) is 5.82 Å². The van der Waals surface area contributed by atoms with E-state index in [1.807, 2.05) is 6.07 Å². The van der Waals surface area contributed by atoms with Crippen molar-refractivity contribution in [2.45, 2.75) is 18.8 Å². The van der Waals surface area contributed by atoms with Crippen LogP contribution in [0.5, 0.6) is 0 Å². The first kappa shape index (κ1) is 16.6. The number of aromatic nitrogens is 4. The Hall–Kier alpha value is -2.88. The van der Waals surface area contributed by atoms with Crippen LogP contribution >= 0.6 is 0 Å². The van der Waals surface area contributed by atoms with E-state index in [4.69, 9.17) is 4.74 Å². The second kappa shape index (κ2) is 6.79. The highest BCUT2D eigenvalue weighted by molar-refractivity contribution is 6.06. The van der Waals surface area contributed by atoms with Crippen molar-refractivity contribution >= 4 is 22.9 Å². The zero-order valence-corrected chi connectivity index (χ0v) is 13.6. The number of benzene rings is 1. The zero-order chi connectivity index (χ0) is 18.1. The van der Waals surface area contributed by atoms with Crippen LogP contribution in [0.2, 0.25) is 0 Å². The minimum Gasteiger partial charge on any atom is -0.393 e. The number of rotatable bonds is 4. The standard InChI is InChI=1S/C17H16N5O4/c23-7-12-11(24)6-13(26-12)22-9-20-14-15(18-8-19-16(14)22)21-17(25)10-4-2-1-3-5-10/h1-5,8-9,11,13,23-24H,6-7H2,(H,18,19,21,25)/t11-,13+/m0/s1. The van der Waals surface area contributed by atoms with Gasteiger partial charge in [-0.1, -0.05) is 18.2 Å². The van der Waals surface area contributed by atoms with E-state index >= 15 is 0 Å². The number of ether oxygens (including phenoxy) is 1. The van der Waals surface area contributed by atoms with Crippen molar-refractivity contribution in [1.82, 2.24) is 19.5 Å². The molecule has 1 radical (unpaired) electrons.